The van der Waals surface area contributed by atoms with Crippen molar-refractivity contribution in [3.05, 3.63) is 35.5 Å². The van der Waals surface area contributed by atoms with Gasteiger partial charge in [0.2, 0.25) is 0 Å². The van der Waals surface area contributed by atoms with Crippen LogP contribution in [-0.2, 0) is 13.2 Å². The van der Waals surface area contributed by atoms with Gasteiger partial charge in [0, 0.05) is 12.6 Å². The van der Waals surface area contributed by atoms with Gasteiger partial charge < -0.3 is 9.84 Å². The first-order valence-electron chi connectivity index (χ1n) is 5.77. The van der Waals surface area contributed by atoms with Gasteiger partial charge >= 0.3 is 12.1 Å². The summed E-state index contributed by atoms with van der Waals surface area (Å²) < 4.78 is 44.8. The van der Waals surface area contributed by atoms with Gasteiger partial charge in [-0.15, -0.1) is 0 Å². The van der Waals surface area contributed by atoms with Gasteiger partial charge in [0.05, 0.1) is 18.4 Å². The number of hydrogen-bond donors (Lipinski definition) is 1. The number of aromatic nitrogens is 2. The lowest BCUT2D eigenvalue weighted by Crippen LogP contribution is -2.08. The maximum absolute atomic E-state index is 13.0. The van der Waals surface area contributed by atoms with Crippen LogP contribution in [0.4, 0.5) is 13.2 Å². The zero-order valence-corrected chi connectivity index (χ0v) is 11.1. The Balaban J connectivity index is 2.58. The molecule has 1 N–H and O–H groups in total. The summed E-state index contributed by atoms with van der Waals surface area (Å²) in [5, 5.41) is 12.6. The molecule has 0 amide bonds. The standard InChI is InChI=1S/C13H11F3N2O3/c1-18-10(6-9(17-18)12(19)20)7-3-4-11(21-2)8(5-7)13(14,15)16/h3-6H,1-2H3,(H,19,20). The zero-order chi connectivity index (χ0) is 15.8. The van der Waals surface area contributed by atoms with Gasteiger partial charge in [-0.05, 0) is 24.3 Å². The minimum absolute atomic E-state index is 0.200. The minimum atomic E-state index is -4.57. The van der Waals surface area contributed by atoms with Crippen molar-refractivity contribution in [1.82, 2.24) is 9.78 Å². The lowest BCUT2D eigenvalue weighted by Gasteiger charge is -2.13. The quantitative estimate of drug-likeness (QED) is 0.946. The highest BCUT2D eigenvalue weighted by Gasteiger charge is 2.34. The zero-order valence-electron chi connectivity index (χ0n) is 11.1. The maximum Gasteiger partial charge on any atom is 0.419 e. The van der Waals surface area contributed by atoms with Crippen LogP contribution in [0, 0.1) is 0 Å². The molecule has 5 nitrogen and oxygen atoms in total. The van der Waals surface area contributed by atoms with E-state index in [1.54, 1.807) is 0 Å². The number of alkyl halides is 3. The molecule has 2 rings (SSSR count). The molecule has 0 radical (unpaired) electrons. The summed E-state index contributed by atoms with van der Waals surface area (Å²) in [5.74, 6) is -1.55. The van der Waals surface area contributed by atoms with E-state index in [2.05, 4.69) is 5.10 Å². The van der Waals surface area contributed by atoms with Gasteiger partial charge in [0.1, 0.15) is 5.75 Å². The Kier molecular flexibility index (Phi) is 3.63. The average molecular weight is 300 g/mol. The van der Waals surface area contributed by atoms with Crippen molar-refractivity contribution in [2.45, 2.75) is 6.18 Å². The second kappa shape index (κ2) is 5.12. The molecule has 0 aliphatic rings. The van der Waals surface area contributed by atoms with E-state index >= 15 is 0 Å². The molecule has 21 heavy (non-hydrogen) atoms. The number of halogens is 3. The molecule has 0 unspecified atom stereocenters. The number of rotatable bonds is 3. The number of hydrogen-bond acceptors (Lipinski definition) is 3. The van der Waals surface area contributed by atoms with Crippen LogP contribution < -0.4 is 4.74 Å². The normalized spacial score (nSPS) is 11.5. The fourth-order valence-electron chi connectivity index (χ4n) is 1.93. The number of methoxy groups -OCH3 is 1. The fourth-order valence-corrected chi connectivity index (χ4v) is 1.93. The van der Waals surface area contributed by atoms with E-state index in [1.807, 2.05) is 0 Å². The summed E-state index contributed by atoms with van der Waals surface area (Å²) in [7, 11) is 2.61. The fraction of sp³-hybridized carbons (Fsp3) is 0.231. The van der Waals surface area contributed by atoms with Crippen molar-refractivity contribution in [2.75, 3.05) is 7.11 Å². The summed E-state index contributed by atoms with van der Waals surface area (Å²) in [4.78, 5) is 10.8. The van der Waals surface area contributed by atoms with Crippen LogP contribution >= 0.6 is 0 Å². The van der Waals surface area contributed by atoms with Crippen LogP contribution in [0.5, 0.6) is 5.75 Å². The Bertz CT molecular complexity index is 692. The molecule has 112 valence electrons. The number of aromatic carboxylic acids is 1. The van der Waals surface area contributed by atoms with Crippen LogP contribution in [0.15, 0.2) is 24.3 Å². The SMILES string of the molecule is COc1ccc(-c2cc(C(=O)O)nn2C)cc1C(F)(F)F. The molecule has 0 saturated carbocycles. The first kappa shape index (κ1) is 14.9. The van der Waals surface area contributed by atoms with Crippen LogP contribution in [0.3, 0.4) is 0 Å². The van der Waals surface area contributed by atoms with Crippen molar-refractivity contribution in [3.63, 3.8) is 0 Å². The molecule has 0 spiro atoms. The van der Waals surface area contributed by atoms with Crippen molar-refractivity contribution in [2.24, 2.45) is 7.05 Å². The highest BCUT2D eigenvalue weighted by molar-refractivity contribution is 5.87. The monoisotopic (exact) mass is 300 g/mol. The number of ether oxygens (including phenoxy) is 1. The minimum Gasteiger partial charge on any atom is -0.496 e. The highest BCUT2D eigenvalue weighted by atomic mass is 19.4. The predicted molar refractivity (Wildman–Crippen MR) is 67.2 cm³/mol. The molecule has 0 aliphatic carbocycles. The molecule has 1 heterocycles. The third-order valence-corrected chi connectivity index (χ3v) is 2.90. The molecular weight excluding hydrogens is 289 g/mol. The van der Waals surface area contributed by atoms with Crippen LogP contribution in [0.1, 0.15) is 16.1 Å². The van der Waals surface area contributed by atoms with Crippen molar-refractivity contribution < 1.29 is 27.8 Å². The number of carbonyl (C=O) groups is 1. The van der Waals surface area contributed by atoms with E-state index in [0.29, 0.717) is 0 Å². The van der Waals surface area contributed by atoms with Crippen LogP contribution in [0.25, 0.3) is 11.3 Å². The highest BCUT2D eigenvalue weighted by Crippen LogP contribution is 2.38. The summed E-state index contributed by atoms with van der Waals surface area (Å²) >= 11 is 0. The lowest BCUT2D eigenvalue weighted by molar-refractivity contribution is -0.138. The summed E-state index contributed by atoms with van der Waals surface area (Å²) in [5.41, 5.74) is -0.705. The second-order valence-corrected chi connectivity index (χ2v) is 4.26. The second-order valence-electron chi connectivity index (χ2n) is 4.26. The van der Waals surface area contributed by atoms with Gasteiger partial charge in [-0.3, -0.25) is 4.68 Å². The molecule has 0 saturated heterocycles. The van der Waals surface area contributed by atoms with Crippen molar-refractivity contribution >= 4 is 5.97 Å². The number of carboxylic acids is 1. The third-order valence-electron chi connectivity index (χ3n) is 2.90. The first-order chi connectivity index (χ1) is 9.74. The summed E-state index contributed by atoms with van der Waals surface area (Å²) in [6.07, 6.45) is -4.57. The number of nitrogens with zero attached hydrogens (tertiary/aromatic N) is 2. The van der Waals surface area contributed by atoms with E-state index in [4.69, 9.17) is 9.84 Å². The van der Waals surface area contributed by atoms with E-state index in [-0.39, 0.29) is 22.7 Å². The van der Waals surface area contributed by atoms with E-state index in [9.17, 15) is 18.0 Å². The number of benzene rings is 1. The molecule has 1 aromatic carbocycles. The number of carboxylic acid groups (broad SMARTS) is 1. The Labute approximate surface area is 117 Å². The lowest BCUT2D eigenvalue weighted by atomic mass is 10.1. The molecule has 0 fully saturated rings. The molecule has 0 atom stereocenters. The van der Waals surface area contributed by atoms with Gasteiger partial charge in [0.15, 0.2) is 5.69 Å². The van der Waals surface area contributed by atoms with Gasteiger partial charge in [-0.25, -0.2) is 4.79 Å². The Hall–Kier alpha value is -2.51. The van der Waals surface area contributed by atoms with E-state index in [1.165, 1.54) is 29.9 Å². The van der Waals surface area contributed by atoms with E-state index in [0.717, 1.165) is 13.2 Å². The topological polar surface area (TPSA) is 64.3 Å². The molecule has 0 aliphatic heterocycles. The Morgan fingerprint density at radius 2 is 2.00 bits per heavy atom. The molecular formula is C13H11F3N2O3. The smallest absolute Gasteiger partial charge is 0.419 e. The van der Waals surface area contributed by atoms with Gasteiger partial charge in [-0.1, -0.05) is 0 Å². The Morgan fingerprint density at radius 1 is 1.33 bits per heavy atom. The number of aryl methyl sites for hydroxylation is 1. The average Bonchev–Trinajstić information content (AvgIpc) is 2.79. The largest absolute Gasteiger partial charge is 0.496 e. The summed E-state index contributed by atoms with van der Waals surface area (Å²) in [6.45, 7) is 0. The predicted octanol–water partition coefficient (Wildman–Crippen LogP) is 2.81. The van der Waals surface area contributed by atoms with Crippen LogP contribution in [0.2, 0.25) is 0 Å². The molecule has 8 heteroatoms. The van der Waals surface area contributed by atoms with Crippen molar-refractivity contribution in [1.29, 1.82) is 0 Å². The van der Waals surface area contributed by atoms with Crippen LogP contribution in [-0.4, -0.2) is 28.0 Å². The molecule has 0 bridgehead atoms. The molecule has 1 aromatic heterocycles. The first-order valence-corrected chi connectivity index (χ1v) is 5.77. The van der Waals surface area contributed by atoms with Gasteiger partial charge in [-0.2, -0.15) is 18.3 Å². The summed E-state index contributed by atoms with van der Waals surface area (Å²) in [6, 6.07) is 4.72. The molecule has 2 aromatic rings. The van der Waals surface area contributed by atoms with Gasteiger partial charge in [0.25, 0.3) is 0 Å². The Morgan fingerprint density at radius 3 is 2.48 bits per heavy atom. The maximum atomic E-state index is 13.0. The van der Waals surface area contributed by atoms with E-state index < -0.39 is 17.7 Å². The third kappa shape index (κ3) is 2.83. The van der Waals surface area contributed by atoms with Crippen molar-refractivity contribution in [3.8, 4) is 17.0 Å².